The van der Waals surface area contributed by atoms with Gasteiger partial charge in [-0.1, -0.05) is 18.2 Å². The Labute approximate surface area is 134 Å². The minimum atomic E-state index is -0.758. The van der Waals surface area contributed by atoms with Gasteiger partial charge in [-0.05, 0) is 25.5 Å². The van der Waals surface area contributed by atoms with E-state index < -0.39 is 11.9 Å². The Kier molecular flexibility index (Phi) is 7.51. The molecule has 0 bridgehead atoms. The van der Waals surface area contributed by atoms with Gasteiger partial charge in [0.2, 0.25) is 0 Å². The topological polar surface area (TPSA) is 94.0 Å². The van der Waals surface area contributed by atoms with E-state index in [1.54, 1.807) is 43.3 Å². The fourth-order valence-electron chi connectivity index (χ4n) is 1.59. The normalized spacial score (nSPS) is 11.0. The fourth-order valence-corrected chi connectivity index (χ4v) is 1.72. The average Bonchev–Trinajstić information content (AvgIpc) is 2.49. The first-order valence-corrected chi connectivity index (χ1v) is 7.20. The molecule has 116 valence electrons. The third kappa shape index (κ3) is 5.85. The van der Waals surface area contributed by atoms with E-state index in [4.69, 9.17) is 16.9 Å². The number of nitriles is 1. The SMILES string of the molecule is C/C(NCCCCl)=C(\C#N)C(=O)NC(=O)Nc1ccccc1. The molecule has 6 nitrogen and oxygen atoms in total. The summed E-state index contributed by atoms with van der Waals surface area (Å²) in [5.41, 5.74) is 0.808. The highest BCUT2D eigenvalue weighted by molar-refractivity contribution is 6.17. The molecule has 22 heavy (non-hydrogen) atoms. The van der Waals surface area contributed by atoms with E-state index in [0.717, 1.165) is 0 Å². The zero-order chi connectivity index (χ0) is 16.4. The summed E-state index contributed by atoms with van der Waals surface area (Å²) in [5.74, 6) is -0.278. The molecule has 1 aromatic carbocycles. The number of hydrogen-bond acceptors (Lipinski definition) is 4. The molecule has 0 atom stereocenters. The zero-order valence-electron chi connectivity index (χ0n) is 12.1. The molecule has 1 aromatic rings. The second-order valence-corrected chi connectivity index (χ2v) is 4.73. The molecular formula is C15H17ClN4O2. The van der Waals surface area contributed by atoms with Crippen molar-refractivity contribution in [3.05, 3.63) is 41.6 Å². The summed E-state index contributed by atoms with van der Waals surface area (Å²) in [6.07, 6.45) is 0.702. The molecule has 0 aromatic heterocycles. The van der Waals surface area contributed by atoms with Gasteiger partial charge in [-0.2, -0.15) is 5.26 Å². The summed E-state index contributed by atoms with van der Waals surface area (Å²) >= 11 is 5.55. The lowest BCUT2D eigenvalue weighted by Gasteiger charge is -2.09. The number of nitrogens with one attached hydrogen (secondary N) is 3. The van der Waals surface area contributed by atoms with E-state index in [2.05, 4.69) is 16.0 Å². The first kappa shape index (κ1) is 17.5. The van der Waals surface area contributed by atoms with E-state index in [-0.39, 0.29) is 5.57 Å². The molecule has 0 saturated carbocycles. The Balaban J connectivity index is 2.63. The number of carbonyl (C=O) groups is 2. The minimum absolute atomic E-state index is 0.141. The molecule has 0 spiro atoms. The predicted octanol–water partition coefficient (Wildman–Crippen LogP) is 2.35. The van der Waals surface area contributed by atoms with Crippen LogP contribution in [0.5, 0.6) is 0 Å². The second kappa shape index (κ2) is 9.42. The number of halogens is 1. The maximum absolute atomic E-state index is 11.9. The Hall–Kier alpha value is -2.52. The minimum Gasteiger partial charge on any atom is -0.387 e. The van der Waals surface area contributed by atoms with E-state index >= 15 is 0 Å². The summed E-state index contributed by atoms with van der Waals surface area (Å²) in [5, 5.41) is 16.6. The van der Waals surface area contributed by atoms with Crippen LogP contribution >= 0.6 is 11.6 Å². The van der Waals surface area contributed by atoms with Gasteiger partial charge in [0.15, 0.2) is 0 Å². The van der Waals surface area contributed by atoms with Crippen LogP contribution in [0, 0.1) is 11.3 Å². The van der Waals surface area contributed by atoms with Crippen LogP contribution in [-0.4, -0.2) is 24.4 Å². The standard InChI is InChI=1S/C15H17ClN4O2/c1-11(18-9-5-8-16)13(10-17)14(21)20-15(22)19-12-6-3-2-4-7-12/h2-4,6-7,18H,5,8-9H2,1H3,(H2,19,20,21,22)/b13-11-. The highest BCUT2D eigenvalue weighted by Gasteiger charge is 2.15. The average molecular weight is 321 g/mol. The van der Waals surface area contributed by atoms with Crippen molar-refractivity contribution in [2.75, 3.05) is 17.7 Å². The summed E-state index contributed by atoms with van der Waals surface area (Å²) in [7, 11) is 0. The van der Waals surface area contributed by atoms with Gasteiger partial charge < -0.3 is 10.6 Å². The molecule has 0 heterocycles. The lowest BCUT2D eigenvalue weighted by molar-refractivity contribution is -0.116. The number of hydrogen-bond donors (Lipinski definition) is 3. The zero-order valence-corrected chi connectivity index (χ0v) is 12.9. The lowest BCUT2D eigenvalue weighted by Crippen LogP contribution is -2.36. The van der Waals surface area contributed by atoms with Gasteiger partial charge in [0.1, 0.15) is 11.6 Å². The van der Waals surface area contributed by atoms with Crippen molar-refractivity contribution in [2.45, 2.75) is 13.3 Å². The summed E-state index contributed by atoms with van der Waals surface area (Å²) in [6.45, 7) is 2.14. The second-order valence-electron chi connectivity index (χ2n) is 4.36. The van der Waals surface area contributed by atoms with Crippen LogP contribution in [0.25, 0.3) is 0 Å². The summed E-state index contributed by atoms with van der Waals surface area (Å²) in [6, 6.07) is 9.77. The Morgan fingerprint density at radius 2 is 1.95 bits per heavy atom. The molecule has 0 aliphatic carbocycles. The van der Waals surface area contributed by atoms with Gasteiger partial charge >= 0.3 is 6.03 Å². The molecule has 0 unspecified atom stereocenters. The smallest absolute Gasteiger partial charge is 0.326 e. The van der Waals surface area contributed by atoms with Crippen LogP contribution in [0.15, 0.2) is 41.6 Å². The van der Waals surface area contributed by atoms with Crippen molar-refractivity contribution in [3.8, 4) is 6.07 Å². The number of benzene rings is 1. The monoisotopic (exact) mass is 320 g/mol. The van der Waals surface area contributed by atoms with Gasteiger partial charge in [0, 0.05) is 23.8 Å². The van der Waals surface area contributed by atoms with Crippen LogP contribution in [-0.2, 0) is 4.79 Å². The summed E-state index contributed by atoms with van der Waals surface area (Å²) < 4.78 is 0. The number of carbonyl (C=O) groups excluding carboxylic acids is 2. The Morgan fingerprint density at radius 1 is 1.27 bits per heavy atom. The number of nitrogens with zero attached hydrogens (tertiary/aromatic N) is 1. The lowest BCUT2D eigenvalue weighted by atomic mass is 10.2. The number of alkyl halides is 1. The quantitative estimate of drug-likeness (QED) is 0.324. The van der Waals surface area contributed by atoms with Gasteiger partial charge in [-0.15, -0.1) is 11.6 Å². The van der Waals surface area contributed by atoms with E-state index in [1.807, 2.05) is 0 Å². The van der Waals surface area contributed by atoms with Gasteiger partial charge in [0.25, 0.3) is 5.91 Å². The van der Waals surface area contributed by atoms with Crippen LogP contribution in [0.4, 0.5) is 10.5 Å². The Morgan fingerprint density at radius 3 is 2.55 bits per heavy atom. The largest absolute Gasteiger partial charge is 0.387 e. The molecular weight excluding hydrogens is 304 g/mol. The van der Waals surface area contributed by atoms with Gasteiger partial charge in [0.05, 0.1) is 0 Å². The molecule has 3 N–H and O–H groups in total. The molecule has 0 fully saturated rings. The third-order valence-corrected chi connectivity index (χ3v) is 2.94. The van der Waals surface area contributed by atoms with E-state index in [0.29, 0.717) is 30.2 Å². The molecule has 0 aliphatic rings. The van der Waals surface area contributed by atoms with Crippen LogP contribution in [0.3, 0.4) is 0 Å². The number of rotatable bonds is 6. The van der Waals surface area contributed by atoms with Crippen molar-refractivity contribution in [1.29, 1.82) is 5.26 Å². The first-order chi connectivity index (χ1) is 10.6. The predicted molar refractivity (Wildman–Crippen MR) is 85.3 cm³/mol. The van der Waals surface area contributed by atoms with Gasteiger partial charge in [-0.3, -0.25) is 10.1 Å². The third-order valence-electron chi connectivity index (χ3n) is 2.67. The molecule has 3 amide bonds. The van der Waals surface area contributed by atoms with Crippen molar-refractivity contribution in [3.63, 3.8) is 0 Å². The maximum Gasteiger partial charge on any atom is 0.326 e. The molecule has 7 heteroatoms. The molecule has 0 radical (unpaired) electrons. The highest BCUT2D eigenvalue weighted by atomic mass is 35.5. The molecule has 0 aliphatic heterocycles. The summed E-state index contributed by atoms with van der Waals surface area (Å²) in [4.78, 5) is 23.6. The highest BCUT2D eigenvalue weighted by Crippen LogP contribution is 2.05. The number of anilines is 1. The number of urea groups is 1. The van der Waals surface area contributed by atoms with Crippen molar-refractivity contribution in [2.24, 2.45) is 0 Å². The van der Waals surface area contributed by atoms with Crippen molar-refractivity contribution < 1.29 is 9.59 Å². The van der Waals surface area contributed by atoms with Crippen molar-refractivity contribution >= 4 is 29.2 Å². The molecule has 0 saturated heterocycles. The van der Waals surface area contributed by atoms with Crippen LogP contribution in [0.2, 0.25) is 0 Å². The number of imide groups is 1. The maximum atomic E-state index is 11.9. The Bertz CT molecular complexity index is 593. The van der Waals surface area contributed by atoms with Crippen molar-refractivity contribution in [1.82, 2.24) is 10.6 Å². The number of para-hydroxylation sites is 1. The fraction of sp³-hybridized carbons (Fsp3) is 0.267. The van der Waals surface area contributed by atoms with Gasteiger partial charge in [-0.25, -0.2) is 4.79 Å². The van der Waals surface area contributed by atoms with E-state index in [1.165, 1.54) is 0 Å². The molecule has 1 rings (SSSR count). The number of allylic oxidation sites excluding steroid dienone is 1. The van der Waals surface area contributed by atoms with Crippen LogP contribution < -0.4 is 16.0 Å². The number of amides is 3. The van der Waals surface area contributed by atoms with Crippen LogP contribution in [0.1, 0.15) is 13.3 Å². The first-order valence-electron chi connectivity index (χ1n) is 6.66. The van der Waals surface area contributed by atoms with E-state index in [9.17, 15) is 9.59 Å².